The number of pyridine rings is 1. The van der Waals surface area contributed by atoms with Crippen LogP contribution in [0.25, 0.3) is 22.5 Å². The van der Waals surface area contributed by atoms with Gasteiger partial charge in [-0.2, -0.15) is 26.7 Å². The highest BCUT2D eigenvalue weighted by Crippen LogP contribution is 2.47. The zero-order valence-corrected chi connectivity index (χ0v) is 22.3. The van der Waals surface area contributed by atoms with Crippen molar-refractivity contribution in [2.75, 3.05) is 26.9 Å². The summed E-state index contributed by atoms with van der Waals surface area (Å²) in [5.41, 5.74) is -4.60. The van der Waals surface area contributed by atoms with Crippen LogP contribution in [0.4, 0.5) is 22.0 Å². The molecule has 0 amide bonds. The van der Waals surface area contributed by atoms with Gasteiger partial charge >= 0.3 is 15.6 Å². The quantitative estimate of drug-likeness (QED) is 0.180. The lowest BCUT2D eigenvalue weighted by molar-refractivity contribution is -0.0501. The van der Waals surface area contributed by atoms with E-state index in [1.807, 2.05) is 6.92 Å². The van der Waals surface area contributed by atoms with Crippen molar-refractivity contribution < 1.29 is 44.0 Å². The first-order valence-electron chi connectivity index (χ1n) is 12.4. The summed E-state index contributed by atoms with van der Waals surface area (Å²) in [5.74, 6) is -2.85. The highest BCUT2D eigenvalue weighted by Gasteiger charge is 2.49. The van der Waals surface area contributed by atoms with Crippen LogP contribution >= 0.6 is 0 Å². The molecule has 1 aliphatic heterocycles. The van der Waals surface area contributed by atoms with E-state index in [0.717, 1.165) is 11.8 Å². The van der Waals surface area contributed by atoms with Crippen molar-refractivity contribution in [2.24, 2.45) is 0 Å². The van der Waals surface area contributed by atoms with E-state index in [9.17, 15) is 26.0 Å². The number of rotatable bonds is 8. The standard InChI is InChI=1S/C25H25F5N4O5S/c1-13-19-12-18(33-34(19)7-6-31-13)23-21(22-17(27)10-14(26)11-20(22)38-9-8-37-2)15-4-3-5-16(15)24(32-23)39-40(35,36)25(28,29)30/h10-13,31H,3-9H2,1-2H3/t13-/m1/s1. The van der Waals surface area contributed by atoms with Gasteiger partial charge in [0, 0.05) is 43.0 Å². The second kappa shape index (κ2) is 10.6. The van der Waals surface area contributed by atoms with E-state index in [0.29, 0.717) is 31.1 Å². The minimum absolute atomic E-state index is 0.0513. The molecular formula is C25H25F5N4O5S. The maximum atomic E-state index is 15.6. The van der Waals surface area contributed by atoms with Gasteiger partial charge in [-0.05, 0) is 37.8 Å². The Labute approximate surface area is 226 Å². The zero-order chi connectivity index (χ0) is 28.8. The van der Waals surface area contributed by atoms with E-state index in [-0.39, 0.29) is 65.9 Å². The summed E-state index contributed by atoms with van der Waals surface area (Å²) < 4.78 is 110. The third kappa shape index (κ3) is 5.12. The van der Waals surface area contributed by atoms with Crippen LogP contribution in [0.15, 0.2) is 18.2 Å². The predicted molar refractivity (Wildman–Crippen MR) is 132 cm³/mol. The van der Waals surface area contributed by atoms with E-state index in [2.05, 4.69) is 19.6 Å². The second-order valence-electron chi connectivity index (χ2n) is 9.39. The summed E-state index contributed by atoms with van der Waals surface area (Å²) in [6, 6.07) is 3.15. The number of aromatic nitrogens is 3. The minimum Gasteiger partial charge on any atom is -0.490 e. The van der Waals surface area contributed by atoms with Crippen molar-refractivity contribution in [3.05, 3.63) is 46.7 Å². The molecule has 3 heterocycles. The van der Waals surface area contributed by atoms with Crippen LogP contribution in [0.5, 0.6) is 11.6 Å². The number of nitrogens with one attached hydrogen (secondary N) is 1. The van der Waals surface area contributed by atoms with Crippen molar-refractivity contribution in [2.45, 2.75) is 44.3 Å². The molecule has 0 fully saturated rings. The van der Waals surface area contributed by atoms with E-state index in [1.165, 1.54) is 7.11 Å². The molecule has 40 heavy (non-hydrogen) atoms. The Morgan fingerprint density at radius 1 is 1.10 bits per heavy atom. The van der Waals surface area contributed by atoms with Crippen LogP contribution in [-0.4, -0.2) is 55.6 Å². The third-order valence-electron chi connectivity index (χ3n) is 6.79. The van der Waals surface area contributed by atoms with Crippen LogP contribution in [0.3, 0.4) is 0 Å². The highest BCUT2D eigenvalue weighted by atomic mass is 32.2. The molecule has 0 bridgehead atoms. The number of ether oxygens (including phenoxy) is 2. The molecule has 5 rings (SSSR count). The Bertz CT molecular complexity index is 1560. The molecule has 1 N–H and O–H groups in total. The molecule has 3 aromatic rings. The summed E-state index contributed by atoms with van der Waals surface area (Å²) >= 11 is 0. The highest BCUT2D eigenvalue weighted by molar-refractivity contribution is 7.87. The molecule has 1 aliphatic carbocycles. The molecule has 15 heteroatoms. The predicted octanol–water partition coefficient (Wildman–Crippen LogP) is 4.30. The van der Waals surface area contributed by atoms with E-state index in [1.54, 1.807) is 10.7 Å². The van der Waals surface area contributed by atoms with Gasteiger partial charge in [-0.3, -0.25) is 4.68 Å². The van der Waals surface area contributed by atoms with Crippen LogP contribution in [0.2, 0.25) is 0 Å². The first-order chi connectivity index (χ1) is 18.9. The average Bonchev–Trinajstić information content (AvgIpc) is 3.52. The number of halogens is 5. The SMILES string of the molecule is COCCOc1cc(F)cc(F)c1-c1c(-c2cc3n(n2)CCN[C@@H]3C)nc(OS(=O)(=O)C(F)(F)F)c2c1CCC2. The Hall–Kier alpha value is -3.30. The van der Waals surface area contributed by atoms with Crippen LogP contribution in [-0.2, 0) is 34.2 Å². The summed E-state index contributed by atoms with van der Waals surface area (Å²) in [5, 5.41) is 7.81. The Balaban J connectivity index is 1.79. The molecular weight excluding hydrogens is 563 g/mol. The number of methoxy groups -OCH3 is 1. The molecule has 216 valence electrons. The number of benzene rings is 1. The van der Waals surface area contributed by atoms with Gasteiger partial charge in [0.2, 0.25) is 5.88 Å². The van der Waals surface area contributed by atoms with Gasteiger partial charge in [0.25, 0.3) is 0 Å². The Morgan fingerprint density at radius 3 is 2.55 bits per heavy atom. The van der Waals surface area contributed by atoms with Crippen LogP contribution < -0.4 is 14.2 Å². The Morgan fingerprint density at radius 2 is 1.85 bits per heavy atom. The number of hydrogen-bond acceptors (Lipinski definition) is 8. The molecule has 0 saturated carbocycles. The van der Waals surface area contributed by atoms with Crippen LogP contribution in [0, 0.1) is 11.6 Å². The van der Waals surface area contributed by atoms with E-state index < -0.39 is 33.1 Å². The third-order valence-corrected chi connectivity index (χ3v) is 7.73. The van der Waals surface area contributed by atoms with Crippen molar-refractivity contribution in [3.63, 3.8) is 0 Å². The van der Waals surface area contributed by atoms with Crippen molar-refractivity contribution in [1.29, 1.82) is 0 Å². The number of fused-ring (bicyclic) bond motifs is 2. The maximum Gasteiger partial charge on any atom is 0.534 e. The van der Waals surface area contributed by atoms with Crippen molar-refractivity contribution >= 4 is 10.1 Å². The molecule has 1 aromatic carbocycles. The number of nitrogens with zero attached hydrogens (tertiary/aromatic N) is 3. The van der Waals surface area contributed by atoms with Gasteiger partial charge in [0.15, 0.2) is 0 Å². The van der Waals surface area contributed by atoms with Gasteiger partial charge in [0.1, 0.15) is 35.4 Å². The summed E-state index contributed by atoms with van der Waals surface area (Å²) in [4.78, 5) is 4.22. The molecule has 0 saturated heterocycles. The maximum absolute atomic E-state index is 15.6. The van der Waals surface area contributed by atoms with Crippen molar-refractivity contribution in [3.8, 4) is 34.1 Å². The van der Waals surface area contributed by atoms with Gasteiger partial charge in [-0.25, -0.2) is 13.8 Å². The smallest absolute Gasteiger partial charge is 0.490 e. The largest absolute Gasteiger partial charge is 0.534 e. The minimum atomic E-state index is -6.06. The van der Waals surface area contributed by atoms with E-state index >= 15 is 4.39 Å². The molecule has 0 radical (unpaired) electrons. The lowest BCUT2D eigenvalue weighted by Gasteiger charge is -2.21. The lowest BCUT2D eigenvalue weighted by atomic mass is 9.93. The first-order valence-corrected chi connectivity index (χ1v) is 13.8. The van der Waals surface area contributed by atoms with E-state index in [4.69, 9.17) is 9.47 Å². The van der Waals surface area contributed by atoms with Crippen LogP contribution in [0.1, 0.15) is 36.2 Å². The molecule has 1 atom stereocenters. The molecule has 2 aromatic heterocycles. The zero-order valence-electron chi connectivity index (χ0n) is 21.4. The topological polar surface area (TPSA) is 105 Å². The van der Waals surface area contributed by atoms with Gasteiger partial charge in [0.05, 0.1) is 24.4 Å². The molecule has 0 unspecified atom stereocenters. The van der Waals surface area contributed by atoms with Gasteiger partial charge in [-0.15, -0.1) is 0 Å². The second-order valence-corrected chi connectivity index (χ2v) is 10.9. The monoisotopic (exact) mass is 588 g/mol. The fourth-order valence-corrected chi connectivity index (χ4v) is 5.45. The summed E-state index contributed by atoms with van der Waals surface area (Å²) in [7, 11) is -4.63. The number of alkyl halides is 3. The number of hydrogen-bond donors (Lipinski definition) is 1. The fraction of sp³-hybridized carbons (Fsp3) is 0.440. The Kier molecular flexibility index (Phi) is 7.48. The fourth-order valence-electron chi connectivity index (χ4n) is 5.01. The summed E-state index contributed by atoms with van der Waals surface area (Å²) in [6.07, 6.45) is 0.767. The van der Waals surface area contributed by atoms with Crippen molar-refractivity contribution in [1.82, 2.24) is 20.1 Å². The lowest BCUT2D eigenvalue weighted by Crippen LogP contribution is -2.31. The molecule has 0 spiro atoms. The van der Waals surface area contributed by atoms with Gasteiger partial charge < -0.3 is 19.0 Å². The summed E-state index contributed by atoms with van der Waals surface area (Å²) in [6.45, 7) is 3.02. The van der Waals surface area contributed by atoms with Gasteiger partial charge in [-0.1, -0.05) is 0 Å². The first kappa shape index (κ1) is 28.2. The molecule has 9 nitrogen and oxygen atoms in total. The normalized spacial score (nSPS) is 17.0. The average molecular weight is 589 g/mol. The molecule has 2 aliphatic rings.